The Labute approximate surface area is 196 Å². The van der Waals surface area contributed by atoms with E-state index in [1.165, 1.54) is 23.9 Å². The Kier molecular flexibility index (Phi) is 7.14. The van der Waals surface area contributed by atoms with Gasteiger partial charge in [-0.15, -0.1) is 10.2 Å². The number of nitrogens with zero attached hydrogens (tertiary/aromatic N) is 4. The minimum atomic E-state index is -0.320. The summed E-state index contributed by atoms with van der Waals surface area (Å²) in [5.41, 5.74) is 0.736. The van der Waals surface area contributed by atoms with Crippen molar-refractivity contribution in [1.29, 1.82) is 0 Å². The van der Waals surface area contributed by atoms with E-state index in [1.54, 1.807) is 12.1 Å². The normalized spacial score (nSPS) is 16.0. The van der Waals surface area contributed by atoms with Gasteiger partial charge in [0.15, 0.2) is 22.5 Å². The fraction of sp³-hybridized carbons (Fsp3) is 0.348. The highest BCUT2D eigenvalue weighted by Gasteiger charge is 2.23. The highest BCUT2D eigenvalue weighted by molar-refractivity contribution is 7.99. The molecule has 0 fully saturated rings. The standard InChI is InChI=1S/C23H26FN5O3S/c1-15(28(2)3)22-26-27-23(29(22)17-10-8-16(24)9-11-17)33-14-21(30)25-12-18-13-31-19-6-4-5-7-20(19)32-18/h4-11,15,18H,12-14H2,1-3H3,(H,25,30)/t15-,18+/m1/s1. The average molecular weight is 472 g/mol. The summed E-state index contributed by atoms with van der Waals surface area (Å²) in [7, 11) is 3.90. The van der Waals surface area contributed by atoms with Crippen LogP contribution in [-0.4, -0.2) is 64.7 Å². The van der Waals surface area contributed by atoms with Gasteiger partial charge in [0, 0.05) is 5.69 Å². The van der Waals surface area contributed by atoms with Gasteiger partial charge in [-0.3, -0.25) is 14.3 Å². The largest absolute Gasteiger partial charge is 0.486 e. The first-order chi connectivity index (χ1) is 15.9. The molecule has 1 amide bonds. The lowest BCUT2D eigenvalue weighted by Crippen LogP contribution is -2.41. The smallest absolute Gasteiger partial charge is 0.230 e. The van der Waals surface area contributed by atoms with Crippen LogP contribution in [0, 0.1) is 5.82 Å². The third-order valence-electron chi connectivity index (χ3n) is 5.32. The van der Waals surface area contributed by atoms with Crippen molar-refractivity contribution in [2.24, 2.45) is 0 Å². The van der Waals surface area contributed by atoms with E-state index in [0.29, 0.717) is 35.6 Å². The molecular formula is C23H26FN5O3S. The number of carbonyl (C=O) groups excluding carboxylic acids is 1. The maximum atomic E-state index is 13.5. The number of benzene rings is 2. The van der Waals surface area contributed by atoms with Gasteiger partial charge in [0.25, 0.3) is 0 Å². The number of hydrogen-bond donors (Lipinski definition) is 1. The van der Waals surface area contributed by atoms with Crippen LogP contribution >= 0.6 is 11.8 Å². The predicted molar refractivity (Wildman–Crippen MR) is 124 cm³/mol. The van der Waals surface area contributed by atoms with Crippen LogP contribution in [0.15, 0.2) is 53.7 Å². The van der Waals surface area contributed by atoms with Gasteiger partial charge in [-0.1, -0.05) is 23.9 Å². The maximum absolute atomic E-state index is 13.5. The Morgan fingerprint density at radius 1 is 1.21 bits per heavy atom. The number of rotatable bonds is 8. The third kappa shape index (κ3) is 5.45. The van der Waals surface area contributed by atoms with Gasteiger partial charge < -0.3 is 14.8 Å². The summed E-state index contributed by atoms with van der Waals surface area (Å²) >= 11 is 1.27. The molecular weight excluding hydrogens is 445 g/mol. The first-order valence-corrected chi connectivity index (χ1v) is 11.6. The highest BCUT2D eigenvalue weighted by Crippen LogP contribution is 2.31. The van der Waals surface area contributed by atoms with Crippen molar-refractivity contribution in [3.05, 3.63) is 60.2 Å². The van der Waals surface area contributed by atoms with Crippen molar-refractivity contribution in [3.63, 3.8) is 0 Å². The van der Waals surface area contributed by atoms with Crippen LogP contribution in [0.5, 0.6) is 11.5 Å². The fourth-order valence-electron chi connectivity index (χ4n) is 3.28. The molecule has 0 radical (unpaired) electrons. The van der Waals surface area contributed by atoms with Gasteiger partial charge in [-0.2, -0.15) is 0 Å². The molecule has 3 aromatic rings. The summed E-state index contributed by atoms with van der Waals surface area (Å²) in [6.45, 7) is 2.71. The Morgan fingerprint density at radius 2 is 1.94 bits per heavy atom. The number of amides is 1. The van der Waals surface area contributed by atoms with Crippen molar-refractivity contribution < 1.29 is 18.7 Å². The van der Waals surface area contributed by atoms with Crippen LogP contribution in [0.1, 0.15) is 18.8 Å². The van der Waals surface area contributed by atoms with E-state index < -0.39 is 0 Å². The van der Waals surface area contributed by atoms with Gasteiger partial charge in [0.1, 0.15) is 18.5 Å². The molecule has 0 saturated heterocycles. The predicted octanol–water partition coefficient (Wildman–Crippen LogP) is 3.08. The van der Waals surface area contributed by atoms with Crippen molar-refractivity contribution in [2.45, 2.75) is 24.2 Å². The van der Waals surface area contributed by atoms with Crippen molar-refractivity contribution in [1.82, 2.24) is 25.0 Å². The topological polar surface area (TPSA) is 81.5 Å². The zero-order valence-electron chi connectivity index (χ0n) is 18.7. The number of fused-ring (bicyclic) bond motifs is 1. The molecule has 0 aliphatic carbocycles. The minimum absolute atomic E-state index is 0.0305. The summed E-state index contributed by atoms with van der Waals surface area (Å²) in [4.78, 5) is 14.5. The summed E-state index contributed by atoms with van der Waals surface area (Å²) in [6, 6.07) is 13.6. The monoisotopic (exact) mass is 471 g/mol. The Morgan fingerprint density at radius 3 is 2.67 bits per heavy atom. The molecule has 1 aliphatic heterocycles. The van der Waals surface area contributed by atoms with Crippen molar-refractivity contribution in [2.75, 3.05) is 33.0 Å². The molecule has 33 heavy (non-hydrogen) atoms. The highest BCUT2D eigenvalue weighted by atomic mass is 32.2. The van der Waals surface area contributed by atoms with Gasteiger partial charge in [0.2, 0.25) is 5.91 Å². The van der Waals surface area contributed by atoms with Crippen LogP contribution in [0.25, 0.3) is 5.69 Å². The summed E-state index contributed by atoms with van der Waals surface area (Å²) in [5.74, 6) is 1.77. The van der Waals surface area contributed by atoms with Crippen molar-refractivity contribution in [3.8, 4) is 17.2 Å². The zero-order chi connectivity index (χ0) is 23.4. The molecule has 10 heteroatoms. The summed E-state index contributed by atoms with van der Waals surface area (Å²) in [6.07, 6.45) is -0.260. The Hall–Kier alpha value is -3.11. The molecule has 2 atom stereocenters. The van der Waals surface area contributed by atoms with Gasteiger partial charge >= 0.3 is 0 Å². The molecule has 1 N–H and O–H groups in total. The molecule has 1 aliphatic rings. The molecule has 174 valence electrons. The number of hydrogen-bond acceptors (Lipinski definition) is 7. The minimum Gasteiger partial charge on any atom is -0.486 e. The second kappa shape index (κ2) is 10.2. The number of thioether (sulfide) groups is 1. The molecule has 2 heterocycles. The zero-order valence-corrected chi connectivity index (χ0v) is 19.5. The summed E-state index contributed by atoms with van der Waals surface area (Å²) in [5, 5.41) is 12.1. The SMILES string of the molecule is C[C@H](c1nnc(SCC(=O)NC[C@H]2COc3ccccc3O2)n1-c1ccc(F)cc1)N(C)C. The quantitative estimate of drug-likeness (QED) is 0.506. The number of aromatic nitrogens is 3. The van der Waals surface area contributed by atoms with E-state index in [2.05, 4.69) is 15.5 Å². The van der Waals surface area contributed by atoms with Crippen LogP contribution in [0.2, 0.25) is 0 Å². The van der Waals surface area contributed by atoms with E-state index in [9.17, 15) is 9.18 Å². The molecule has 0 saturated carbocycles. The molecule has 4 rings (SSSR count). The van der Waals surface area contributed by atoms with E-state index in [4.69, 9.17) is 9.47 Å². The molecule has 0 spiro atoms. The van der Waals surface area contributed by atoms with Gasteiger partial charge in [-0.25, -0.2) is 4.39 Å². The molecule has 0 bridgehead atoms. The first kappa shape index (κ1) is 23.1. The fourth-order valence-corrected chi connectivity index (χ4v) is 4.07. The van der Waals surface area contributed by atoms with Crippen LogP contribution in [0.3, 0.4) is 0 Å². The number of halogens is 1. The Bertz CT molecular complexity index is 1110. The molecule has 0 unspecified atom stereocenters. The lowest BCUT2D eigenvalue weighted by Gasteiger charge is -2.26. The lowest BCUT2D eigenvalue weighted by molar-refractivity contribution is -0.119. The second-order valence-corrected chi connectivity index (χ2v) is 8.83. The number of ether oxygens (including phenoxy) is 2. The number of para-hydroxylation sites is 2. The molecule has 8 nitrogen and oxygen atoms in total. The van der Waals surface area contributed by atoms with Crippen LogP contribution in [-0.2, 0) is 4.79 Å². The number of nitrogens with one attached hydrogen (secondary N) is 1. The molecule has 1 aromatic heterocycles. The van der Waals surface area contributed by atoms with Crippen LogP contribution < -0.4 is 14.8 Å². The van der Waals surface area contributed by atoms with E-state index in [1.807, 2.05) is 54.8 Å². The average Bonchev–Trinajstić information content (AvgIpc) is 3.25. The lowest BCUT2D eigenvalue weighted by atomic mass is 10.2. The van der Waals surface area contributed by atoms with E-state index >= 15 is 0 Å². The third-order valence-corrected chi connectivity index (χ3v) is 6.25. The molecule has 2 aromatic carbocycles. The van der Waals surface area contributed by atoms with E-state index in [-0.39, 0.29) is 29.6 Å². The first-order valence-electron chi connectivity index (χ1n) is 10.6. The summed E-state index contributed by atoms with van der Waals surface area (Å²) < 4.78 is 26.9. The van der Waals surface area contributed by atoms with E-state index in [0.717, 1.165) is 5.69 Å². The van der Waals surface area contributed by atoms with Gasteiger partial charge in [0.05, 0.1) is 18.3 Å². The second-order valence-electron chi connectivity index (χ2n) is 7.88. The number of carbonyl (C=O) groups is 1. The maximum Gasteiger partial charge on any atom is 0.230 e. The van der Waals surface area contributed by atoms with Crippen molar-refractivity contribution >= 4 is 17.7 Å². The van der Waals surface area contributed by atoms with Gasteiger partial charge in [-0.05, 0) is 57.4 Å². The Balaban J connectivity index is 1.39. The van der Waals surface area contributed by atoms with Crippen LogP contribution in [0.4, 0.5) is 4.39 Å².